The van der Waals surface area contributed by atoms with E-state index in [0.717, 1.165) is 20.4 Å². The van der Waals surface area contributed by atoms with Crippen LogP contribution >= 0.6 is 15.9 Å². The molecule has 3 N–H and O–H groups in total. The van der Waals surface area contributed by atoms with E-state index in [9.17, 15) is 23.7 Å². The number of sulfone groups is 1. The normalized spacial score (nSPS) is 18.1. The molecular formula is C35H43BrO6SSi. The van der Waals surface area contributed by atoms with E-state index in [0.29, 0.717) is 29.6 Å². The van der Waals surface area contributed by atoms with Crippen LogP contribution in [0.5, 0.6) is 5.75 Å². The highest BCUT2D eigenvalue weighted by Crippen LogP contribution is 2.39. The number of aromatic hydroxyl groups is 1. The van der Waals surface area contributed by atoms with E-state index in [4.69, 9.17) is 4.43 Å². The van der Waals surface area contributed by atoms with Gasteiger partial charge in [0.1, 0.15) is 11.0 Å². The summed E-state index contributed by atoms with van der Waals surface area (Å²) in [5, 5.41) is 32.7. The molecule has 2 atom stereocenters. The summed E-state index contributed by atoms with van der Waals surface area (Å²) in [6, 6.07) is 25.5. The number of rotatable bonds is 12. The Morgan fingerprint density at radius 2 is 1.64 bits per heavy atom. The van der Waals surface area contributed by atoms with Crippen molar-refractivity contribution in [3.63, 3.8) is 0 Å². The Bertz CT molecular complexity index is 1560. The van der Waals surface area contributed by atoms with E-state index in [1.807, 2.05) is 55.5 Å². The quantitative estimate of drug-likeness (QED) is 0.164. The molecule has 0 saturated carbocycles. The van der Waals surface area contributed by atoms with Gasteiger partial charge in [-0.3, -0.25) is 0 Å². The maximum absolute atomic E-state index is 13.3. The molecule has 1 heterocycles. The summed E-state index contributed by atoms with van der Waals surface area (Å²) in [5.74, 6) is -0.0991. The zero-order valence-electron chi connectivity index (χ0n) is 25.8. The van der Waals surface area contributed by atoms with Crippen molar-refractivity contribution >= 4 is 50.5 Å². The Morgan fingerprint density at radius 3 is 2.16 bits per heavy atom. The fourth-order valence-corrected chi connectivity index (χ4v) is 13.1. The van der Waals surface area contributed by atoms with E-state index in [2.05, 4.69) is 61.0 Å². The van der Waals surface area contributed by atoms with Crippen LogP contribution in [0.1, 0.15) is 52.5 Å². The maximum Gasteiger partial charge on any atom is 0.261 e. The number of hydrogen-bond donors (Lipinski definition) is 3. The Morgan fingerprint density at radius 1 is 1.05 bits per heavy atom. The van der Waals surface area contributed by atoms with Crippen molar-refractivity contribution in [1.82, 2.24) is 0 Å². The third-order valence-electron chi connectivity index (χ3n) is 8.51. The van der Waals surface area contributed by atoms with E-state index in [-0.39, 0.29) is 29.6 Å². The summed E-state index contributed by atoms with van der Waals surface area (Å²) in [6.07, 6.45) is 2.30. The fraction of sp³-hybridized carbons (Fsp3) is 0.371. The fourth-order valence-electron chi connectivity index (χ4n) is 6.28. The molecule has 0 unspecified atom stereocenters. The third-order valence-corrected chi connectivity index (χ3v) is 16.0. The molecule has 3 aromatic carbocycles. The maximum atomic E-state index is 13.3. The van der Waals surface area contributed by atoms with Crippen LogP contribution in [0, 0.1) is 0 Å². The lowest BCUT2D eigenvalue weighted by Crippen LogP contribution is -2.66. The molecule has 3 aromatic rings. The van der Waals surface area contributed by atoms with Crippen LogP contribution in [0.3, 0.4) is 0 Å². The van der Waals surface area contributed by atoms with E-state index < -0.39 is 36.1 Å². The number of aliphatic hydroxyl groups is 2. The Hall–Kier alpha value is -2.53. The van der Waals surface area contributed by atoms with Crippen molar-refractivity contribution in [3.05, 3.63) is 106 Å². The predicted molar refractivity (Wildman–Crippen MR) is 185 cm³/mol. The molecule has 44 heavy (non-hydrogen) atoms. The lowest BCUT2D eigenvalue weighted by molar-refractivity contribution is 0.186. The molecule has 0 saturated heterocycles. The zero-order valence-corrected chi connectivity index (χ0v) is 29.2. The second kappa shape index (κ2) is 14.3. The van der Waals surface area contributed by atoms with Gasteiger partial charge in [-0.05, 0) is 64.0 Å². The van der Waals surface area contributed by atoms with Gasteiger partial charge in [-0.1, -0.05) is 116 Å². The topological polar surface area (TPSA) is 104 Å². The standard InChI is InChI=1S/C35H43BrO6SSi/c1-5-25(20-26-21-28(36)17-19-31(26)38)16-18-32(39)34-27(24-43(40,41)33(34)22-37)23-42-44(35(2,3)4,29-12-8-6-9-13-29)30-14-10-7-11-15-30/h6-15,17,19-21,32-33,37-39H,5,16,18,22-24H2,1-4H3/b25-20+/t32-,33+/m1/s1. The van der Waals surface area contributed by atoms with E-state index >= 15 is 0 Å². The minimum absolute atomic E-state index is 0.0395. The molecule has 0 spiro atoms. The van der Waals surface area contributed by atoms with Crippen LogP contribution in [0.15, 0.2) is 100 Å². The molecule has 0 fully saturated rings. The van der Waals surface area contributed by atoms with Crippen molar-refractivity contribution in [1.29, 1.82) is 0 Å². The minimum Gasteiger partial charge on any atom is -0.507 e. The van der Waals surface area contributed by atoms with Crippen molar-refractivity contribution < 1.29 is 28.2 Å². The van der Waals surface area contributed by atoms with Gasteiger partial charge in [0, 0.05) is 10.0 Å². The number of allylic oxidation sites excluding steroid dienone is 1. The Balaban J connectivity index is 1.70. The van der Waals surface area contributed by atoms with Gasteiger partial charge in [0.05, 0.1) is 25.1 Å². The Labute approximate surface area is 271 Å². The average molecular weight is 700 g/mol. The summed E-state index contributed by atoms with van der Waals surface area (Å²) in [5.41, 5.74) is 2.55. The lowest BCUT2D eigenvalue weighted by atomic mass is 9.94. The molecule has 4 rings (SSSR count). The van der Waals surface area contributed by atoms with Gasteiger partial charge in [-0.25, -0.2) is 8.42 Å². The summed E-state index contributed by atoms with van der Waals surface area (Å²) in [6.45, 7) is 7.93. The summed E-state index contributed by atoms with van der Waals surface area (Å²) in [4.78, 5) is 0. The number of halogens is 1. The first-order valence-corrected chi connectivity index (χ1v) is 19.4. The van der Waals surface area contributed by atoms with E-state index in [1.165, 1.54) is 0 Å². The molecule has 9 heteroatoms. The van der Waals surface area contributed by atoms with Gasteiger partial charge in [0.25, 0.3) is 8.32 Å². The lowest BCUT2D eigenvalue weighted by Gasteiger charge is -2.43. The van der Waals surface area contributed by atoms with E-state index in [1.54, 1.807) is 12.1 Å². The molecule has 6 nitrogen and oxygen atoms in total. The van der Waals surface area contributed by atoms with Gasteiger partial charge in [0.2, 0.25) is 0 Å². The zero-order chi connectivity index (χ0) is 32.1. The SMILES string of the molecule is CC/C(=C\c1cc(Br)ccc1O)CC[C@@H](O)C1=C(CO[Si](c2ccccc2)(c2ccccc2)C(C)(C)C)CS(=O)(=O)[C@H]1CO. The number of benzene rings is 3. The molecule has 1 aliphatic rings. The highest BCUT2D eigenvalue weighted by Gasteiger charge is 2.51. The summed E-state index contributed by atoms with van der Waals surface area (Å²) in [7, 11) is -6.68. The van der Waals surface area contributed by atoms with Crippen LogP contribution in [0.25, 0.3) is 6.08 Å². The largest absolute Gasteiger partial charge is 0.507 e. The van der Waals surface area contributed by atoms with Crippen molar-refractivity contribution in [2.75, 3.05) is 19.0 Å². The molecule has 0 radical (unpaired) electrons. The van der Waals surface area contributed by atoms with Gasteiger partial charge < -0.3 is 19.7 Å². The number of phenols is 1. The highest BCUT2D eigenvalue weighted by atomic mass is 79.9. The van der Waals surface area contributed by atoms with Gasteiger partial charge in [-0.15, -0.1) is 0 Å². The van der Waals surface area contributed by atoms with Gasteiger partial charge in [0.15, 0.2) is 9.84 Å². The molecule has 1 aliphatic heterocycles. The summed E-state index contributed by atoms with van der Waals surface area (Å²) >= 11 is 3.44. The smallest absolute Gasteiger partial charge is 0.261 e. The monoisotopic (exact) mass is 698 g/mol. The second-order valence-electron chi connectivity index (χ2n) is 12.4. The van der Waals surface area contributed by atoms with Crippen LogP contribution in [-0.2, 0) is 14.3 Å². The molecule has 0 bridgehead atoms. The molecule has 236 valence electrons. The summed E-state index contributed by atoms with van der Waals surface area (Å²) < 4.78 is 34.5. The highest BCUT2D eigenvalue weighted by molar-refractivity contribution is 9.10. The number of phenolic OH excluding ortho intramolecular Hbond substituents is 1. The minimum atomic E-state index is -3.72. The first-order valence-electron chi connectivity index (χ1n) is 15.0. The van der Waals surface area contributed by atoms with Gasteiger partial charge in [-0.2, -0.15) is 0 Å². The number of aliphatic hydroxyl groups excluding tert-OH is 2. The van der Waals surface area contributed by atoms with Crippen LogP contribution < -0.4 is 10.4 Å². The molecule has 0 amide bonds. The van der Waals surface area contributed by atoms with Crippen molar-refractivity contribution in [2.24, 2.45) is 0 Å². The second-order valence-corrected chi connectivity index (χ2v) is 19.8. The average Bonchev–Trinajstić information content (AvgIpc) is 3.26. The molecule has 0 aliphatic carbocycles. The van der Waals surface area contributed by atoms with Crippen LogP contribution in [0.2, 0.25) is 5.04 Å². The first-order chi connectivity index (χ1) is 20.8. The van der Waals surface area contributed by atoms with Crippen molar-refractivity contribution in [2.45, 2.75) is 63.3 Å². The van der Waals surface area contributed by atoms with Crippen LogP contribution in [0.4, 0.5) is 0 Å². The third kappa shape index (κ3) is 7.30. The molecule has 0 aromatic heterocycles. The first kappa shape index (κ1) is 34.3. The number of hydrogen-bond acceptors (Lipinski definition) is 6. The van der Waals surface area contributed by atoms with Crippen LogP contribution in [-0.4, -0.2) is 62.4 Å². The van der Waals surface area contributed by atoms with Gasteiger partial charge >= 0.3 is 0 Å². The predicted octanol–water partition coefficient (Wildman–Crippen LogP) is 5.75. The Kier molecular flexibility index (Phi) is 11.1. The van der Waals surface area contributed by atoms with Crippen molar-refractivity contribution in [3.8, 4) is 5.75 Å². The molecular weight excluding hydrogens is 656 g/mol.